The summed E-state index contributed by atoms with van der Waals surface area (Å²) in [6.45, 7) is 4.79. The number of ether oxygens (including phenoxy) is 4. The first-order valence-electron chi connectivity index (χ1n) is 7.82. The Morgan fingerprint density at radius 1 is 1.24 bits per heavy atom. The molecule has 1 rings (SSSR count). The van der Waals surface area contributed by atoms with Crippen LogP contribution >= 0.6 is 11.6 Å². The van der Waals surface area contributed by atoms with Crippen molar-refractivity contribution in [3.8, 4) is 11.5 Å². The Balaban J connectivity index is 2.72. The van der Waals surface area contributed by atoms with Gasteiger partial charge in [-0.15, -0.1) is 0 Å². The van der Waals surface area contributed by atoms with Gasteiger partial charge in [0.25, 0.3) is 5.91 Å². The van der Waals surface area contributed by atoms with E-state index in [1.807, 2.05) is 13.8 Å². The summed E-state index contributed by atoms with van der Waals surface area (Å²) in [4.78, 5) is 23.6. The monoisotopic (exact) mass is 373 g/mol. The Kier molecular flexibility index (Phi) is 9.08. The second-order valence-corrected chi connectivity index (χ2v) is 6.02. The Morgan fingerprint density at radius 2 is 1.96 bits per heavy atom. The number of esters is 1. The number of amides is 1. The van der Waals surface area contributed by atoms with Crippen molar-refractivity contribution in [2.24, 2.45) is 5.92 Å². The number of benzene rings is 1. The average molecular weight is 374 g/mol. The lowest BCUT2D eigenvalue weighted by Crippen LogP contribution is -2.31. The van der Waals surface area contributed by atoms with Gasteiger partial charge in [0.05, 0.1) is 30.9 Å². The number of nitrogens with one attached hydrogen (secondary N) is 1. The second-order valence-electron chi connectivity index (χ2n) is 5.61. The molecule has 0 aromatic heterocycles. The van der Waals surface area contributed by atoms with Crippen LogP contribution in [0.4, 0.5) is 0 Å². The smallest absolute Gasteiger partial charge is 0.338 e. The van der Waals surface area contributed by atoms with Gasteiger partial charge in [0.1, 0.15) is 0 Å². The summed E-state index contributed by atoms with van der Waals surface area (Å²) in [7, 11) is 2.98. The van der Waals surface area contributed by atoms with Crippen molar-refractivity contribution in [1.82, 2.24) is 5.32 Å². The molecule has 0 atom stereocenters. The molecule has 0 fully saturated rings. The van der Waals surface area contributed by atoms with E-state index < -0.39 is 18.5 Å². The Labute approximate surface area is 152 Å². The van der Waals surface area contributed by atoms with E-state index in [0.717, 1.165) is 0 Å². The lowest BCUT2D eigenvalue weighted by molar-refractivity contribution is -0.124. The number of hydrogen-bond donors (Lipinski definition) is 1. The van der Waals surface area contributed by atoms with Gasteiger partial charge < -0.3 is 24.3 Å². The summed E-state index contributed by atoms with van der Waals surface area (Å²) in [6, 6.07) is 2.89. The third-order valence-corrected chi connectivity index (χ3v) is 3.27. The van der Waals surface area contributed by atoms with Crippen LogP contribution in [0, 0.1) is 5.92 Å². The zero-order valence-corrected chi connectivity index (χ0v) is 15.6. The fourth-order valence-corrected chi connectivity index (χ4v) is 2.05. The first kappa shape index (κ1) is 21.1. The van der Waals surface area contributed by atoms with Crippen LogP contribution in [0.3, 0.4) is 0 Å². The van der Waals surface area contributed by atoms with Crippen molar-refractivity contribution in [2.75, 3.05) is 40.6 Å². The molecular weight excluding hydrogens is 350 g/mol. The van der Waals surface area contributed by atoms with Crippen LogP contribution in [-0.2, 0) is 14.3 Å². The highest BCUT2D eigenvalue weighted by Gasteiger charge is 2.18. The predicted molar refractivity (Wildman–Crippen MR) is 93.5 cm³/mol. The molecule has 8 heteroatoms. The minimum atomic E-state index is -0.683. The van der Waals surface area contributed by atoms with Crippen molar-refractivity contribution in [3.63, 3.8) is 0 Å². The molecule has 0 saturated heterocycles. The van der Waals surface area contributed by atoms with E-state index in [0.29, 0.717) is 37.2 Å². The zero-order valence-electron chi connectivity index (χ0n) is 14.9. The van der Waals surface area contributed by atoms with Gasteiger partial charge in [0, 0.05) is 13.7 Å². The summed E-state index contributed by atoms with van der Waals surface area (Å²) in [6.07, 6.45) is 0. The standard InChI is InChI=1S/C17H24ClNO6/c1-11(2)9-24-16-13(18)7-12(8-14(16)23-4)17(21)25-10-15(20)19-5-6-22-3/h7-8,11H,5-6,9-10H2,1-4H3,(H,19,20). The first-order chi connectivity index (χ1) is 11.9. The van der Waals surface area contributed by atoms with Gasteiger partial charge in [0.2, 0.25) is 0 Å². The quantitative estimate of drug-likeness (QED) is 0.500. The van der Waals surface area contributed by atoms with Gasteiger partial charge in [-0.05, 0) is 18.1 Å². The molecule has 1 aromatic carbocycles. The Bertz CT molecular complexity index is 591. The fourth-order valence-electron chi connectivity index (χ4n) is 1.79. The number of hydrogen-bond acceptors (Lipinski definition) is 6. The maximum absolute atomic E-state index is 12.1. The number of rotatable bonds is 10. The minimum Gasteiger partial charge on any atom is -0.493 e. The molecule has 140 valence electrons. The average Bonchev–Trinajstić information content (AvgIpc) is 2.57. The predicted octanol–water partition coefficient (Wildman–Crippen LogP) is 2.30. The normalized spacial score (nSPS) is 10.5. The number of methoxy groups -OCH3 is 2. The molecule has 1 N–H and O–H groups in total. The zero-order chi connectivity index (χ0) is 18.8. The highest BCUT2D eigenvalue weighted by molar-refractivity contribution is 6.32. The molecule has 25 heavy (non-hydrogen) atoms. The van der Waals surface area contributed by atoms with E-state index >= 15 is 0 Å². The third-order valence-electron chi connectivity index (χ3n) is 2.99. The van der Waals surface area contributed by atoms with Crippen LogP contribution in [0.15, 0.2) is 12.1 Å². The van der Waals surface area contributed by atoms with E-state index in [1.165, 1.54) is 26.4 Å². The number of carbonyl (C=O) groups excluding carboxylic acids is 2. The second kappa shape index (κ2) is 10.8. The number of carbonyl (C=O) groups is 2. The third kappa shape index (κ3) is 7.19. The van der Waals surface area contributed by atoms with Crippen LogP contribution in [0.25, 0.3) is 0 Å². The highest BCUT2D eigenvalue weighted by Crippen LogP contribution is 2.36. The number of halogens is 1. The topological polar surface area (TPSA) is 83.1 Å². The fraction of sp³-hybridized carbons (Fsp3) is 0.529. The van der Waals surface area contributed by atoms with Gasteiger partial charge >= 0.3 is 5.97 Å². The SMILES string of the molecule is COCCNC(=O)COC(=O)c1cc(Cl)c(OCC(C)C)c(OC)c1. The summed E-state index contributed by atoms with van der Waals surface area (Å²) in [5, 5.41) is 2.78. The Morgan fingerprint density at radius 3 is 2.56 bits per heavy atom. The maximum atomic E-state index is 12.1. The van der Waals surface area contributed by atoms with Gasteiger partial charge in [-0.2, -0.15) is 0 Å². The van der Waals surface area contributed by atoms with Gasteiger partial charge in [-0.1, -0.05) is 25.4 Å². The van der Waals surface area contributed by atoms with Crippen LogP contribution in [0.1, 0.15) is 24.2 Å². The minimum absolute atomic E-state index is 0.170. The molecule has 0 aliphatic rings. The molecule has 1 aromatic rings. The molecule has 0 bridgehead atoms. The van der Waals surface area contributed by atoms with Crippen molar-refractivity contribution in [3.05, 3.63) is 22.7 Å². The van der Waals surface area contributed by atoms with E-state index in [2.05, 4.69) is 5.32 Å². The van der Waals surface area contributed by atoms with Crippen molar-refractivity contribution in [1.29, 1.82) is 0 Å². The molecule has 1 amide bonds. The molecule has 7 nitrogen and oxygen atoms in total. The van der Waals surface area contributed by atoms with E-state index in [1.54, 1.807) is 0 Å². The lowest BCUT2D eigenvalue weighted by atomic mass is 10.2. The van der Waals surface area contributed by atoms with Crippen LogP contribution in [0.5, 0.6) is 11.5 Å². The summed E-state index contributed by atoms with van der Waals surface area (Å²) >= 11 is 6.18. The van der Waals surface area contributed by atoms with E-state index in [9.17, 15) is 9.59 Å². The summed E-state index contributed by atoms with van der Waals surface area (Å²) < 4.78 is 20.6. The summed E-state index contributed by atoms with van der Waals surface area (Å²) in [5.74, 6) is -0.101. The van der Waals surface area contributed by atoms with E-state index in [-0.39, 0.29) is 10.6 Å². The van der Waals surface area contributed by atoms with Gasteiger partial charge in [0.15, 0.2) is 18.1 Å². The molecule has 0 spiro atoms. The van der Waals surface area contributed by atoms with Crippen LogP contribution < -0.4 is 14.8 Å². The molecular formula is C17H24ClNO6. The van der Waals surface area contributed by atoms with Gasteiger partial charge in [-0.3, -0.25) is 4.79 Å². The summed E-state index contributed by atoms with van der Waals surface area (Å²) in [5.41, 5.74) is 0.170. The van der Waals surface area contributed by atoms with Gasteiger partial charge in [-0.25, -0.2) is 4.79 Å². The molecule has 0 saturated carbocycles. The van der Waals surface area contributed by atoms with Crippen LogP contribution in [0.2, 0.25) is 5.02 Å². The molecule has 0 aliphatic carbocycles. The first-order valence-corrected chi connectivity index (χ1v) is 8.19. The maximum Gasteiger partial charge on any atom is 0.338 e. The molecule has 0 aliphatic heterocycles. The van der Waals surface area contributed by atoms with Crippen molar-refractivity contribution < 1.29 is 28.5 Å². The lowest BCUT2D eigenvalue weighted by Gasteiger charge is -2.15. The van der Waals surface area contributed by atoms with Crippen LogP contribution in [-0.4, -0.2) is 52.5 Å². The van der Waals surface area contributed by atoms with E-state index in [4.69, 9.17) is 30.5 Å². The Hall–Kier alpha value is -1.99. The molecule has 0 unspecified atom stereocenters. The largest absolute Gasteiger partial charge is 0.493 e. The van der Waals surface area contributed by atoms with Crippen molar-refractivity contribution in [2.45, 2.75) is 13.8 Å². The molecule has 0 heterocycles. The molecule has 0 radical (unpaired) electrons. The van der Waals surface area contributed by atoms with Crippen molar-refractivity contribution >= 4 is 23.5 Å². The highest BCUT2D eigenvalue weighted by atomic mass is 35.5.